The number of nitrogens with zero attached hydrogens (tertiary/aromatic N) is 4. The highest BCUT2D eigenvalue weighted by molar-refractivity contribution is 6.41. The molecule has 33 heavy (non-hydrogen) atoms. The van der Waals surface area contributed by atoms with E-state index >= 15 is 0 Å². The van der Waals surface area contributed by atoms with Crippen LogP contribution in [0.2, 0.25) is 10.0 Å². The number of halogens is 2. The molecular weight excluding hydrogens is 469 g/mol. The van der Waals surface area contributed by atoms with Crippen LogP contribution in [0.5, 0.6) is 11.5 Å². The standard InChI is InChI=1S/C22H17Cl2N5O4/c1-32-16-9-17(33-2)22(24)20(21(16)23)13-7-8-28(11-13)19-10-18(25-12-26-19)27-14-5-3-4-6-15(14)29(30)31/h3-12H,1-2H3,(H,25,26,27). The maximum Gasteiger partial charge on any atom is 0.292 e. The van der Waals surface area contributed by atoms with Gasteiger partial charge in [-0.2, -0.15) is 0 Å². The van der Waals surface area contributed by atoms with E-state index in [0.29, 0.717) is 50.0 Å². The summed E-state index contributed by atoms with van der Waals surface area (Å²) in [6.45, 7) is 0. The Bertz CT molecular complexity index is 1310. The van der Waals surface area contributed by atoms with Crippen LogP contribution < -0.4 is 14.8 Å². The minimum atomic E-state index is -0.460. The summed E-state index contributed by atoms with van der Waals surface area (Å²) in [5.41, 5.74) is 1.54. The van der Waals surface area contributed by atoms with Crippen molar-refractivity contribution in [3.05, 3.63) is 81.3 Å². The average Bonchev–Trinajstić information content (AvgIpc) is 3.30. The minimum absolute atomic E-state index is 0.0582. The fraction of sp³-hybridized carbons (Fsp3) is 0.0909. The molecule has 0 fully saturated rings. The van der Waals surface area contributed by atoms with Crippen LogP contribution in [0.1, 0.15) is 0 Å². The Morgan fingerprint density at radius 2 is 1.73 bits per heavy atom. The molecule has 0 saturated heterocycles. The lowest BCUT2D eigenvalue weighted by Gasteiger charge is -2.13. The van der Waals surface area contributed by atoms with Crippen LogP contribution in [-0.2, 0) is 0 Å². The molecule has 0 aliphatic carbocycles. The second-order valence-electron chi connectivity index (χ2n) is 6.75. The lowest BCUT2D eigenvalue weighted by molar-refractivity contribution is -0.383. The summed E-state index contributed by atoms with van der Waals surface area (Å²) in [5.74, 6) is 1.78. The van der Waals surface area contributed by atoms with Gasteiger partial charge < -0.3 is 19.4 Å². The fourth-order valence-electron chi connectivity index (χ4n) is 3.26. The van der Waals surface area contributed by atoms with Gasteiger partial charge in [0.2, 0.25) is 0 Å². The number of nitro benzene ring substituents is 1. The van der Waals surface area contributed by atoms with Crippen molar-refractivity contribution in [2.75, 3.05) is 19.5 Å². The number of hydrogen-bond acceptors (Lipinski definition) is 7. The zero-order valence-electron chi connectivity index (χ0n) is 17.5. The molecule has 2 aromatic heterocycles. The number of hydrogen-bond donors (Lipinski definition) is 1. The molecule has 9 nitrogen and oxygen atoms in total. The van der Waals surface area contributed by atoms with Crippen LogP contribution in [0.4, 0.5) is 17.2 Å². The van der Waals surface area contributed by atoms with E-state index in [1.165, 1.54) is 26.6 Å². The lowest BCUT2D eigenvalue weighted by atomic mass is 10.1. The van der Waals surface area contributed by atoms with Crippen LogP contribution in [0.15, 0.2) is 61.2 Å². The summed E-state index contributed by atoms with van der Waals surface area (Å²) in [5, 5.41) is 14.9. The van der Waals surface area contributed by atoms with Gasteiger partial charge in [0, 0.05) is 41.7 Å². The Labute approximate surface area is 198 Å². The Hall–Kier alpha value is -3.82. The summed E-state index contributed by atoms with van der Waals surface area (Å²) >= 11 is 13.0. The van der Waals surface area contributed by atoms with Gasteiger partial charge in [0.25, 0.3) is 5.69 Å². The van der Waals surface area contributed by atoms with Crippen molar-refractivity contribution in [2.45, 2.75) is 0 Å². The van der Waals surface area contributed by atoms with E-state index < -0.39 is 4.92 Å². The van der Waals surface area contributed by atoms with Gasteiger partial charge in [0.15, 0.2) is 0 Å². The van der Waals surface area contributed by atoms with Crippen LogP contribution in [0.3, 0.4) is 0 Å². The largest absolute Gasteiger partial charge is 0.495 e. The topological polar surface area (TPSA) is 104 Å². The Morgan fingerprint density at radius 1 is 1.03 bits per heavy atom. The summed E-state index contributed by atoms with van der Waals surface area (Å²) in [6, 6.07) is 11.4. The highest BCUT2D eigenvalue weighted by Crippen LogP contribution is 2.46. The number of aromatic nitrogens is 3. The molecule has 0 radical (unpaired) electrons. The van der Waals surface area contributed by atoms with E-state index in [1.807, 2.05) is 6.07 Å². The molecule has 0 bridgehead atoms. The number of nitro groups is 1. The lowest BCUT2D eigenvalue weighted by Crippen LogP contribution is -2.01. The molecule has 4 aromatic rings. The van der Waals surface area contributed by atoms with Gasteiger partial charge in [0.1, 0.15) is 35.1 Å². The zero-order valence-corrected chi connectivity index (χ0v) is 19.0. The zero-order chi connectivity index (χ0) is 23.5. The SMILES string of the molecule is COc1cc(OC)c(Cl)c(-c2ccn(-c3cc(Nc4ccccc4[N+](=O)[O-])ncn3)c2)c1Cl. The van der Waals surface area contributed by atoms with Crippen molar-refractivity contribution in [1.29, 1.82) is 0 Å². The van der Waals surface area contributed by atoms with Gasteiger partial charge in [-0.15, -0.1) is 0 Å². The second-order valence-corrected chi connectivity index (χ2v) is 7.51. The van der Waals surface area contributed by atoms with Crippen molar-refractivity contribution >= 4 is 40.4 Å². The van der Waals surface area contributed by atoms with Crippen LogP contribution in [0, 0.1) is 10.1 Å². The summed E-state index contributed by atoms with van der Waals surface area (Å²) in [6.07, 6.45) is 4.94. The van der Waals surface area contributed by atoms with Crippen molar-refractivity contribution < 1.29 is 14.4 Å². The minimum Gasteiger partial charge on any atom is -0.495 e. The molecule has 0 aliphatic heterocycles. The molecule has 2 aromatic carbocycles. The molecular formula is C22H17Cl2N5O4. The summed E-state index contributed by atoms with van der Waals surface area (Å²) < 4.78 is 12.4. The third kappa shape index (κ3) is 4.41. The monoisotopic (exact) mass is 485 g/mol. The van der Waals surface area contributed by atoms with Crippen molar-refractivity contribution in [3.8, 4) is 28.4 Å². The van der Waals surface area contributed by atoms with Crippen molar-refractivity contribution in [3.63, 3.8) is 0 Å². The fourth-order valence-corrected chi connectivity index (χ4v) is 3.98. The van der Waals surface area contributed by atoms with E-state index in [1.54, 1.807) is 47.3 Å². The Balaban J connectivity index is 1.70. The maximum absolute atomic E-state index is 11.3. The van der Waals surface area contributed by atoms with Crippen molar-refractivity contribution in [2.24, 2.45) is 0 Å². The number of methoxy groups -OCH3 is 2. The highest BCUT2D eigenvalue weighted by atomic mass is 35.5. The summed E-state index contributed by atoms with van der Waals surface area (Å²) in [4.78, 5) is 19.3. The normalized spacial score (nSPS) is 10.7. The first-order valence-electron chi connectivity index (χ1n) is 9.54. The molecule has 0 aliphatic rings. The predicted octanol–water partition coefficient (Wildman–Crippen LogP) is 5.91. The molecule has 168 valence electrons. The van der Waals surface area contributed by atoms with Crippen molar-refractivity contribution in [1.82, 2.24) is 14.5 Å². The number of para-hydroxylation sites is 2. The molecule has 2 heterocycles. The van der Waals surface area contributed by atoms with E-state index in [0.717, 1.165) is 0 Å². The third-order valence-corrected chi connectivity index (χ3v) is 5.59. The third-order valence-electron chi connectivity index (χ3n) is 4.84. The quantitative estimate of drug-likeness (QED) is 0.256. The van der Waals surface area contributed by atoms with Gasteiger partial charge in [-0.05, 0) is 12.1 Å². The number of anilines is 2. The molecule has 0 amide bonds. The molecule has 0 spiro atoms. The number of nitrogens with one attached hydrogen (secondary N) is 1. The van der Waals surface area contributed by atoms with Gasteiger partial charge in [-0.3, -0.25) is 10.1 Å². The molecule has 1 N–H and O–H groups in total. The average molecular weight is 486 g/mol. The van der Waals surface area contributed by atoms with Gasteiger partial charge in [-0.25, -0.2) is 9.97 Å². The molecule has 11 heteroatoms. The number of ether oxygens (including phenoxy) is 2. The highest BCUT2D eigenvalue weighted by Gasteiger charge is 2.20. The van der Waals surface area contributed by atoms with Crippen LogP contribution in [0.25, 0.3) is 16.9 Å². The Kier molecular flexibility index (Phi) is 6.34. The van der Waals surface area contributed by atoms with Gasteiger partial charge >= 0.3 is 0 Å². The van der Waals surface area contributed by atoms with Crippen LogP contribution in [-0.4, -0.2) is 33.7 Å². The van der Waals surface area contributed by atoms with E-state index in [4.69, 9.17) is 32.7 Å². The predicted molar refractivity (Wildman–Crippen MR) is 126 cm³/mol. The first kappa shape index (κ1) is 22.4. The van der Waals surface area contributed by atoms with E-state index in [-0.39, 0.29) is 5.69 Å². The smallest absolute Gasteiger partial charge is 0.292 e. The molecule has 0 saturated carbocycles. The van der Waals surface area contributed by atoms with Crippen LogP contribution >= 0.6 is 23.2 Å². The maximum atomic E-state index is 11.3. The summed E-state index contributed by atoms with van der Waals surface area (Å²) in [7, 11) is 3.02. The first-order valence-corrected chi connectivity index (χ1v) is 10.3. The molecule has 0 atom stereocenters. The van der Waals surface area contributed by atoms with E-state index in [9.17, 15) is 10.1 Å². The molecule has 0 unspecified atom stereocenters. The Morgan fingerprint density at radius 3 is 2.39 bits per heavy atom. The van der Waals surface area contributed by atoms with Gasteiger partial charge in [0.05, 0.1) is 29.2 Å². The van der Waals surface area contributed by atoms with E-state index in [2.05, 4.69) is 15.3 Å². The number of benzene rings is 2. The first-order chi connectivity index (χ1) is 15.9. The number of rotatable bonds is 7. The molecule has 4 rings (SSSR count). The second kappa shape index (κ2) is 9.35. The van der Waals surface area contributed by atoms with Gasteiger partial charge in [-0.1, -0.05) is 35.3 Å².